The van der Waals surface area contributed by atoms with Crippen molar-refractivity contribution in [3.63, 3.8) is 0 Å². The van der Waals surface area contributed by atoms with Crippen molar-refractivity contribution in [1.82, 2.24) is 10.0 Å². The molecule has 6 heteroatoms. The van der Waals surface area contributed by atoms with Gasteiger partial charge >= 0.3 is 0 Å². The second-order valence-electron chi connectivity index (χ2n) is 4.67. The first-order valence-corrected chi connectivity index (χ1v) is 9.67. The molecule has 0 radical (unpaired) electrons. The van der Waals surface area contributed by atoms with Crippen molar-refractivity contribution in [3.8, 4) is 0 Å². The van der Waals surface area contributed by atoms with E-state index >= 15 is 0 Å². The minimum atomic E-state index is -3.41. The normalized spacial score (nSPS) is 11.8. The third-order valence-corrected chi connectivity index (χ3v) is 5.11. The smallest absolute Gasteiger partial charge is 0.240 e. The van der Waals surface area contributed by atoms with E-state index in [9.17, 15) is 8.42 Å². The Labute approximate surface area is 126 Å². The van der Waals surface area contributed by atoms with Gasteiger partial charge in [0.05, 0.1) is 4.90 Å². The number of thioether (sulfide) groups is 1. The highest BCUT2D eigenvalue weighted by Gasteiger charge is 2.16. The van der Waals surface area contributed by atoms with Crippen LogP contribution in [0, 0.1) is 6.92 Å². The Balaban J connectivity index is 2.84. The van der Waals surface area contributed by atoms with Crippen LogP contribution >= 0.6 is 11.8 Å². The van der Waals surface area contributed by atoms with Crippen molar-refractivity contribution in [2.75, 3.05) is 25.1 Å². The Hall–Kier alpha value is -0.560. The standard InChI is InChI=1S/C14H24N2O2S2/c1-4-7-15-11-13-6-5-12(2)14(10-13)20(17,18)16-8-9-19-3/h5-6,10,15-16H,4,7-9,11H2,1-3H3. The lowest BCUT2D eigenvalue weighted by Gasteiger charge is -2.11. The molecule has 0 amide bonds. The minimum Gasteiger partial charge on any atom is -0.313 e. The van der Waals surface area contributed by atoms with E-state index in [0.29, 0.717) is 18.0 Å². The van der Waals surface area contributed by atoms with Gasteiger partial charge in [0.2, 0.25) is 10.0 Å². The average molecular weight is 316 g/mol. The van der Waals surface area contributed by atoms with Crippen LogP contribution < -0.4 is 10.0 Å². The van der Waals surface area contributed by atoms with E-state index in [2.05, 4.69) is 17.0 Å². The topological polar surface area (TPSA) is 58.2 Å². The monoisotopic (exact) mass is 316 g/mol. The first-order chi connectivity index (χ1) is 9.51. The molecule has 0 saturated heterocycles. The van der Waals surface area contributed by atoms with Crippen molar-refractivity contribution < 1.29 is 8.42 Å². The fraction of sp³-hybridized carbons (Fsp3) is 0.571. The van der Waals surface area contributed by atoms with Gasteiger partial charge in [0, 0.05) is 18.8 Å². The van der Waals surface area contributed by atoms with Gasteiger partial charge in [-0.1, -0.05) is 19.1 Å². The Morgan fingerprint density at radius 1 is 1.25 bits per heavy atom. The summed E-state index contributed by atoms with van der Waals surface area (Å²) in [5.41, 5.74) is 1.77. The fourth-order valence-corrected chi connectivity index (χ4v) is 3.57. The van der Waals surface area contributed by atoms with E-state index in [1.807, 2.05) is 25.3 Å². The SMILES string of the molecule is CCCNCc1ccc(C)c(S(=O)(=O)NCCSC)c1. The molecule has 0 heterocycles. The van der Waals surface area contributed by atoms with Crippen molar-refractivity contribution in [2.24, 2.45) is 0 Å². The van der Waals surface area contributed by atoms with Crippen molar-refractivity contribution in [2.45, 2.75) is 31.7 Å². The summed E-state index contributed by atoms with van der Waals surface area (Å²) < 4.78 is 27.2. The van der Waals surface area contributed by atoms with E-state index in [-0.39, 0.29) is 0 Å². The summed E-state index contributed by atoms with van der Waals surface area (Å²) >= 11 is 1.62. The van der Waals surface area contributed by atoms with Gasteiger partial charge in [-0.05, 0) is 43.3 Å². The van der Waals surface area contributed by atoms with Gasteiger partial charge < -0.3 is 5.32 Å². The van der Waals surface area contributed by atoms with E-state index in [1.165, 1.54) is 0 Å². The van der Waals surface area contributed by atoms with Crippen molar-refractivity contribution in [3.05, 3.63) is 29.3 Å². The molecule has 4 nitrogen and oxygen atoms in total. The summed E-state index contributed by atoms with van der Waals surface area (Å²) in [6, 6.07) is 5.60. The van der Waals surface area contributed by atoms with Crippen LogP contribution in [-0.4, -0.2) is 33.5 Å². The number of rotatable bonds is 9. The van der Waals surface area contributed by atoms with Gasteiger partial charge in [-0.2, -0.15) is 11.8 Å². The molecule has 0 spiro atoms. The van der Waals surface area contributed by atoms with Crippen LogP contribution in [0.5, 0.6) is 0 Å². The Kier molecular flexibility index (Phi) is 7.58. The van der Waals surface area contributed by atoms with E-state index < -0.39 is 10.0 Å². The third kappa shape index (κ3) is 5.44. The number of hydrogen-bond donors (Lipinski definition) is 2. The molecule has 0 bridgehead atoms. The van der Waals surface area contributed by atoms with E-state index in [0.717, 1.165) is 29.8 Å². The molecule has 0 unspecified atom stereocenters. The summed E-state index contributed by atoms with van der Waals surface area (Å²) in [4.78, 5) is 0.384. The van der Waals surface area contributed by atoms with Gasteiger partial charge in [-0.15, -0.1) is 0 Å². The third-order valence-electron chi connectivity index (χ3n) is 2.90. The van der Waals surface area contributed by atoms with Crippen LogP contribution in [0.3, 0.4) is 0 Å². The molecular weight excluding hydrogens is 292 g/mol. The van der Waals surface area contributed by atoms with E-state index in [4.69, 9.17) is 0 Å². The lowest BCUT2D eigenvalue weighted by molar-refractivity contribution is 0.583. The Morgan fingerprint density at radius 2 is 2.00 bits per heavy atom. The van der Waals surface area contributed by atoms with E-state index in [1.54, 1.807) is 17.8 Å². The number of aryl methyl sites for hydroxylation is 1. The van der Waals surface area contributed by atoms with Gasteiger partial charge in [-0.3, -0.25) is 0 Å². The summed E-state index contributed by atoms with van der Waals surface area (Å²) in [6.45, 7) is 6.02. The maximum Gasteiger partial charge on any atom is 0.240 e. The lowest BCUT2D eigenvalue weighted by Crippen LogP contribution is -2.27. The van der Waals surface area contributed by atoms with Crippen molar-refractivity contribution >= 4 is 21.8 Å². The van der Waals surface area contributed by atoms with Gasteiger partial charge in [-0.25, -0.2) is 13.1 Å². The molecule has 0 aliphatic heterocycles. The summed E-state index contributed by atoms with van der Waals surface area (Å²) in [7, 11) is -3.41. The molecule has 0 fully saturated rings. The van der Waals surface area contributed by atoms with Crippen LogP contribution in [-0.2, 0) is 16.6 Å². The Morgan fingerprint density at radius 3 is 2.65 bits per heavy atom. The quantitative estimate of drug-likeness (QED) is 0.685. The molecule has 0 aliphatic rings. The highest BCUT2D eigenvalue weighted by atomic mass is 32.2. The summed E-state index contributed by atoms with van der Waals surface area (Å²) in [5.74, 6) is 0.774. The van der Waals surface area contributed by atoms with Crippen molar-refractivity contribution in [1.29, 1.82) is 0 Å². The second-order valence-corrected chi connectivity index (χ2v) is 7.39. The molecule has 2 N–H and O–H groups in total. The first kappa shape index (κ1) is 17.5. The molecule has 1 rings (SSSR count). The predicted octanol–water partition coefficient (Wildman–Crippen LogP) is 2.14. The lowest BCUT2D eigenvalue weighted by atomic mass is 10.1. The fourth-order valence-electron chi connectivity index (χ4n) is 1.81. The molecule has 20 heavy (non-hydrogen) atoms. The number of nitrogens with one attached hydrogen (secondary N) is 2. The van der Waals surface area contributed by atoms with Gasteiger partial charge in [0.1, 0.15) is 0 Å². The zero-order chi connectivity index (χ0) is 15.0. The first-order valence-electron chi connectivity index (χ1n) is 6.80. The molecule has 0 aliphatic carbocycles. The Bertz CT molecular complexity index is 516. The summed E-state index contributed by atoms with van der Waals surface area (Å²) in [5, 5.41) is 3.28. The van der Waals surface area contributed by atoms with Crippen LogP contribution in [0.15, 0.2) is 23.1 Å². The largest absolute Gasteiger partial charge is 0.313 e. The second kappa shape index (κ2) is 8.67. The minimum absolute atomic E-state index is 0.384. The predicted molar refractivity (Wildman–Crippen MR) is 86.7 cm³/mol. The highest BCUT2D eigenvalue weighted by Crippen LogP contribution is 2.17. The molecule has 1 aromatic rings. The van der Waals surface area contributed by atoms with Gasteiger partial charge in [0.15, 0.2) is 0 Å². The average Bonchev–Trinajstić information content (AvgIpc) is 2.41. The number of benzene rings is 1. The number of hydrogen-bond acceptors (Lipinski definition) is 4. The molecule has 0 aromatic heterocycles. The number of sulfonamides is 1. The maximum atomic E-state index is 12.3. The zero-order valence-electron chi connectivity index (χ0n) is 12.4. The van der Waals surface area contributed by atoms with Crippen LogP contribution in [0.2, 0.25) is 0 Å². The van der Waals surface area contributed by atoms with Crippen LogP contribution in [0.4, 0.5) is 0 Å². The van der Waals surface area contributed by atoms with Crippen LogP contribution in [0.25, 0.3) is 0 Å². The maximum absolute atomic E-state index is 12.3. The zero-order valence-corrected chi connectivity index (χ0v) is 14.0. The molecular formula is C14H24N2O2S2. The van der Waals surface area contributed by atoms with Gasteiger partial charge in [0.25, 0.3) is 0 Å². The molecule has 0 saturated carbocycles. The molecule has 114 valence electrons. The molecule has 1 aromatic carbocycles. The molecule has 0 atom stereocenters. The highest BCUT2D eigenvalue weighted by molar-refractivity contribution is 7.98. The van der Waals surface area contributed by atoms with Crippen LogP contribution in [0.1, 0.15) is 24.5 Å². The summed E-state index contributed by atoms with van der Waals surface area (Å²) in [6.07, 6.45) is 3.02.